The Morgan fingerprint density at radius 1 is 0.857 bits per heavy atom. The van der Waals surface area contributed by atoms with Crippen LogP contribution in [0.1, 0.15) is 5.56 Å². The highest BCUT2D eigenvalue weighted by Crippen LogP contribution is 2.43. The van der Waals surface area contributed by atoms with Crippen molar-refractivity contribution in [3.63, 3.8) is 0 Å². The fourth-order valence-electron chi connectivity index (χ4n) is 3.80. The Hall–Kier alpha value is -3.90. The van der Waals surface area contributed by atoms with Crippen LogP contribution in [0.5, 0.6) is 0 Å². The third-order valence-corrected chi connectivity index (χ3v) is 5.15. The second-order valence-electron chi connectivity index (χ2n) is 6.75. The van der Waals surface area contributed by atoms with E-state index in [1.165, 1.54) is 0 Å². The molecule has 0 radical (unpaired) electrons. The second kappa shape index (κ2) is 6.37. The fraction of sp³-hybridized carbons (Fsp3) is 0.0400. The van der Waals surface area contributed by atoms with Crippen molar-refractivity contribution >= 4 is 27.6 Å². The van der Waals surface area contributed by atoms with Gasteiger partial charge in [-0.05, 0) is 42.3 Å². The van der Waals surface area contributed by atoms with Crippen LogP contribution >= 0.6 is 0 Å². The van der Waals surface area contributed by atoms with Crippen molar-refractivity contribution in [3.8, 4) is 22.4 Å². The average Bonchev–Trinajstić information content (AvgIpc) is 3.12. The van der Waals surface area contributed by atoms with Gasteiger partial charge in [-0.15, -0.1) is 0 Å². The van der Waals surface area contributed by atoms with Crippen LogP contribution in [0.2, 0.25) is 0 Å². The number of rotatable bonds is 2. The van der Waals surface area contributed by atoms with E-state index >= 15 is 0 Å². The highest BCUT2D eigenvalue weighted by atomic mass is 16.3. The zero-order valence-corrected chi connectivity index (χ0v) is 15.3. The predicted octanol–water partition coefficient (Wildman–Crippen LogP) is 7.17. The van der Waals surface area contributed by atoms with Crippen molar-refractivity contribution in [1.82, 2.24) is 4.98 Å². The van der Waals surface area contributed by atoms with E-state index in [0.29, 0.717) is 5.69 Å². The number of pyridine rings is 1. The minimum atomic E-state index is 0.650. The molecule has 0 spiro atoms. The molecule has 0 unspecified atom stereocenters. The molecule has 3 aromatic carbocycles. The molecule has 3 heteroatoms. The topological polar surface area (TPSA) is 30.4 Å². The third kappa shape index (κ3) is 2.39. The lowest BCUT2D eigenvalue weighted by Crippen LogP contribution is -1.85. The van der Waals surface area contributed by atoms with Crippen LogP contribution in [0, 0.1) is 13.5 Å². The van der Waals surface area contributed by atoms with Gasteiger partial charge in [0.05, 0.1) is 12.3 Å². The molecule has 5 aromatic rings. The molecule has 0 aliphatic carbocycles. The maximum Gasteiger partial charge on any atom is 0.191 e. The lowest BCUT2D eigenvalue weighted by atomic mass is 9.96. The Kier molecular flexibility index (Phi) is 3.70. The van der Waals surface area contributed by atoms with E-state index in [1.807, 2.05) is 67.6 Å². The number of aromatic nitrogens is 1. The summed E-state index contributed by atoms with van der Waals surface area (Å²) in [7, 11) is 0. The first kappa shape index (κ1) is 16.3. The summed E-state index contributed by atoms with van der Waals surface area (Å²) >= 11 is 0. The van der Waals surface area contributed by atoms with E-state index < -0.39 is 0 Å². The largest absolute Gasteiger partial charge is 0.455 e. The predicted molar refractivity (Wildman–Crippen MR) is 113 cm³/mol. The molecule has 2 heterocycles. The maximum absolute atomic E-state index is 7.64. The van der Waals surface area contributed by atoms with Crippen LogP contribution in [0.3, 0.4) is 0 Å². The smallest absolute Gasteiger partial charge is 0.191 e. The Morgan fingerprint density at radius 3 is 2.43 bits per heavy atom. The molecular formula is C25H16N2O. The zero-order valence-electron chi connectivity index (χ0n) is 15.3. The minimum absolute atomic E-state index is 0.650. The first-order valence-electron chi connectivity index (χ1n) is 9.11. The highest BCUT2D eigenvalue weighted by molar-refractivity contribution is 6.14. The molecule has 5 rings (SSSR count). The molecule has 2 aromatic heterocycles. The monoisotopic (exact) mass is 360 g/mol. The van der Waals surface area contributed by atoms with Crippen LogP contribution < -0.4 is 0 Å². The van der Waals surface area contributed by atoms with Crippen LogP contribution in [0.4, 0.5) is 5.69 Å². The lowest BCUT2D eigenvalue weighted by Gasteiger charge is -2.09. The van der Waals surface area contributed by atoms with Crippen molar-refractivity contribution < 1.29 is 4.42 Å². The summed E-state index contributed by atoms with van der Waals surface area (Å²) in [5.74, 6) is 0. The van der Waals surface area contributed by atoms with Gasteiger partial charge in [0.25, 0.3) is 0 Å². The van der Waals surface area contributed by atoms with Gasteiger partial charge in [-0.3, -0.25) is 4.98 Å². The second-order valence-corrected chi connectivity index (χ2v) is 6.75. The Morgan fingerprint density at radius 2 is 1.68 bits per heavy atom. The van der Waals surface area contributed by atoms with E-state index in [0.717, 1.165) is 49.9 Å². The number of nitrogens with zero attached hydrogens (tertiary/aromatic N) is 2. The lowest BCUT2D eigenvalue weighted by molar-refractivity contribution is 0.670. The van der Waals surface area contributed by atoms with E-state index in [1.54, 1.807) is 6.20 Å². The summed E-state index contributed by atoms with van der Waals surface area (Å²) in [6.07, 6.45) is 1.79. The van der Waals surface area contributed by atoms with Crippen LogP contribution in [-0.4, -0.2) is 4.98 Å². The summed E-state index contributed by atoms with van der Waals surface area (Å²) in [4.78, 5) is 8.26. The van der Waals surface area contributed by atoms with E-state index in [4.69, 9.17) is 11.0 Å². The zero-order chi connectivity index (χ0) is 19.1. The number of para-hydroxylation sites is 1. The minimum Gasteiger partial charge on any atom is -0.455 e. The Bertz CT molecular complexity index is 1360. The van der Waals surface area contributed by atoms with E-state index in [2.05, 4.69) is 22.0 Å². The van der Waals surface area contributed by atoms with Crippen molar-refractivity contribution in [2.45, 2.75) is 6.92 Å². The summed E-state index contributed by atoms with van der Waals surface area (Å²) in [5, 5.41) is 1.96. The van der Waals surface area contributed by atoms with Gasteiger partial charge in [-0.1, -0.05) is 48.5 Å². The number of fused-ring (bicyclic) bond motifs is 3. The van der Waals surface area contributed by atoms with Crippen molar-refractivity contribution in [3.05, 3.63) is 96.0 Å². The van der Waals surface area contributed by atoms with Gasteiger partial charge in [0.2, 0.25) is 0 Å². The SMILES string of the molecule is [C-]#[N+]c1cc2c(oc3c(-c4ccccn4)cccc32)c(-c2ccccc2)c1C. The van der Waals surface area contributed by atoms with Gasteiger partial charge in [0, 0.05) is 28.1 Å². The standard InChI is InChI=1S/C25H16N2O/c1-16-22(26-2)15-20-18-11-8-12-19(21-13-6-7-14-27-21)24(18)28-25(20)23(16)17-9-4-3-5-10-17/h3-15H,1H3. The van der Waals surface area contributed by atoms with E-state index in [9.17, 15) is 0 Å². The van der Waals surface area contributed by atoms with Gasteiger partial charge >= 0.3 is 0 Å². The number of hydrogen-bond acceptors (Lipinski definition) is 2. The van der Waals surface area contributed by atoms with Crippen molar-refractivity contribution in [1.29, 1.82) is 0 Å². The van der Waals surface area contributed by atoms with Crippen LogP contribution in [0.25, 0.3) is 49.2 Å². The molecule has 0 amide bonds. The third-order valence-electron chi connectivity index (χ3n) is 5.15. The normalized spacial score (nSPS) is 11.0. The molecule has 0 saturated heterocycles. The van der Waals surface area contributed by atoms with Gasteiger partial charge in [-0.2, -0.15) is 0 Å². The molecule has 0 saturated carbocycles. The molecule has 3 nitrogen and oxygen atoms in total. The summed E-state index contributed by atoms with van der Waals surface area (Å²) in [5.41, 5.74) is 7.06. The van der Waals surface area contributed by atoms with Crippen LogP contribution in [0.15, 0.2) is 83.4 Å². The quantitative estimate of drug-likeness (QED) is 0.312. The van der Waals surface area contributed by atoms with Gasteiger partial charge < -0.3 is 4.42 Å². The molecule has 0 bridgehead atoms. The summed E-state index contributed by atoms with van der Waals surface area (Å²) in [6.45, 7) is 9.63. The van der Waals surface area contributed by atoms with E-state index in [-0.39, 0.29) is 0 Å². The Labute approximate surface area is 162 Å². The molecule has 0 N–H and O–H groups in total. The summed E-state index contributed by atoms with van der Waals surface area (Å²) in [6, 6.07) is 24.0. The van der Waals surface area contributed by atoms with Crippen molar-refractivity contribution in [2.24, 2.45) is 0 Å². The molecule has 0 aliphatic rings. The molecular weight excluding hydrogens is 344 g/mol. The fourth-order valence-corrected chi connectivity index (χ4v) is 3.80. The maximum atomic E-state index is 7.64. The summed E-state index contributed by atoms with van der Waals surface area (Å²) < 4.78 is 6.46. The van der Waals surface area contributed by atoms with Gasteiger partial charge in [0.1, 0.15) is 11.2 Å². The molecule has 0 aliphatic heterocycles. The van der Waals surface area contributed by atoms with Gasteiger partial charge in [0.15, 0.2) is 5.69 Å². The van der Waals surface area contributed by atoms with Gasteiger partial charge in [-0.25, -0.2) is 4.85 Å². The first-order chi connectivity index (χ1) is 13.8. The Balaban J connectivity index is 1.93. The average molecular weight is 360 g/mol. The first-order valence-corrected chi connectivity index (χ1v) is 9.11. The number of furan rings is 1. The highest BCUT2D eigenvalue weighted by Gasteiger charge is 2.19. The number of benzene rings is 3. The molecule has 132 valence electrons. The molecule has 0 atom stereocenters. The molecule has 28 heavy (non-hydrogen) atoms. The van der Waals surface area contributed by atoms with Crippen molar-refractivity contribution in [2.75, 3.05) is 0 Å². The number of hydrogen-bond donors (Lipinski definition) is 0. The molecule has 0 fully saturated rings. The van der Waals surface area contributed by atoms with Crippen LogP contribution in [-0.2, 0) is 0 Å².